The molecule has 0 saturated heterocycles. The molecule has 5 heteroatoms. The van der Waals surface area contributed by atoms with Crippen molar-refractivity contribution in [3.05, 3.63) is 22.4 Å². The third kappa shape index (κ3) is 3.47. The minimum atomic E-state index is -0.478. The number of hydrogen-bond acceptors (Lipinski definition) is 4. The summed E-state index contributed by atoms with van der Waals surface area (Å²) in [5, 5.41) is 1.98. The van der Waals surface area contributed by atoms with Gasteiger partial charge in [0.05, 0.1) is 6.54 Å². The summed E-state index contributed by atoms with van der Waals surface area (Å²) >= 11 is 1.62. The normalized spacial score (nSPS) is 10.0. The van der Waals surface area contributed by atoms with Gasteiger partial charge in [-0.05, 0) is 11.4 Å². The first-order valence-electron chi connectivity index (χ1n) is 3.44. The molecule has 0 unspecified atom stereocenters. The Morgan fingerprint density at radius 1 is 1.75 bits per heavy atom. The van der Waals surface area contributed by atoms with E-state index in [1.165, 1.54) is 0 Å². The minimum absolute atomic E-state index is 0.0919. The Labute approximate surface area is 74.3 Å². The topological polar surface area (TPSA) is 64.4 Å². The summed E-state index contributed by atoms with van der Waals surface area (Å²) in [6.45, 7) is 0.510. The van der Waals surface area contributed by atoms with Crippen molar-refractivity contribution in [2.45, 2.75) is 6.54 Å². The van der Waals surface area contributed by atoms with Crippen molar-refractivity contribution in [3.63, 3.8) is 0 Å². The molecule has 1 heterocycles. The molecule has 0 aromatic carbocycles. The highest BCUT2D eigenvalue weighted by Gasteiger charge is 1.94. The fourth-order valence-electron chi connectivity index (χ4n) is 0.657. The van der Waals surface area contributed by atoms with Gasteiger partial charge < -0.3 is 5.73 Å². The molecule has 0 aliphatic heterocycles. The van der Waals surface area contributed by atoms with Crippen LogP contribution in [0, 0.1) is 0 Å². The molecule has 0 bridgehead atoms. The molecule has 1 aromatic heterocycles. The second-order valence-electron chi connectivity index (χ2n) is 2.16. The van der Waals surface area contributed by atoms with Crippen LogP contribution in [0.3, 0.4) is 0 Å². The van der Waals surface area contributed by atoms with Crippen molar-refractivity contribution < 1.29 is 9.63 Å². The number of carbonyl (C=O) groups is 1. The number of thiophene rings is 1. The number of nitrogens with two attached hydrogens (primary N) is 1. The van der Waals surface area contributed by atoms with Gasteiger partial charge in [0.15, 0.2) is 0 Å². The number of hydroxylamine groups is 1. The van der Waals surface area contributed by atoms with Crippen LogP contribution >= 0.6 is 11.3 Å². The number of primary amides is 1. The monoisotopic (exact) mass is 186 g/mol. The van der Waals surface area contributed by atoms with Crippen molar-refractivity contribution in [1.82, 2.24) is 5.48 Å². The third-order valence-electron chi connectivity index (χ3n) is 1.14. The van der Waals surface area contributed by atoms with E-state index in [2.05, 4.69) is 5.48 Å². The maximum atomic E-state index is 10.2. The van der Waals surface area contributed by atoms with Gasteiger partial charge >= 0.3 is 0 Å². The zero-order valence-corrected chi connectivity index (χ0v) is 7.26. The van der Waals surface area contributed by atoms with Crippen molar-refractivity contribution in [2.75, 3.05) is 6.61 Å². The first-order chi connectivity index (χ1) is 5.79. The van der Waals surface area contributed by atoms with Crippen molar-refractivity contribution in [2.24, 2.45) is 5.73 Å². The van der Waals surface area contributed by atoms with E-state index in [4.69, 9.17) is 10.6 Å². The van der Waals surface area contributed by atoms with Crippen LogP contribution in [-0.4, -0.2) is 12.5 Å². The van der Waals surface area contributed by atoms with E-state index in [0.29, 0.717) is 6.54 Å². The second kappa shape index (κ2) is 4.87. The van der Waals surface area contributed by atoms with Crippen LogP contribution < -0.4 is 11.2 Å². The molecule has 0 spiro atoms. The summed E-state index contributed by atoms with van der Waals surface area (Å²) < 4.78 is 0. The smallest absolute Gasteiger partial charge is 0.245 e. The van der Waals surface area contributed by atoms with E-state index in [1.807, 2.05) is 17.5 Å². The molecule has 4 nitrogen and oxygen atoms in total. The van der Waals surface area contributed by atoms with Crippen molar-refractivity contribution >= 4 is 17.2 Å². The lowest BCUT2D eigenvalue weighted by Crippen LogP contribution is -2.24. The Bertz CT molecular complexity index is 236. The van der Waals surface area contributed by atoms with E-state index in [-0.39, 0.29) is 6.61 Å². The maximum Gasteiger partial charge on any atom is 0.245 e. The molecule has 1 aromatic rings. The van der Waals surface area contributed by atoms with E-state index in [9.17, 15) is 4.79 Å². The molecule has 0 saturated carbocycles. The molecular weight excluding hydrogens is 176 g/mol. The Morgan fingerprint density at radius 3 is 3.17 bits per heavy atom. The standard InChI is InChI=1S/C7H10N2O2S/c8-7(10)5-11-9-4-6-2-1-3-12-6/h1-3,9H,4-5H2,(H2,8,10). The van der Waals surface area contributed by atoms with Gasteiger partial charge in [0.1, 0.15) is 6.61 Å². The van der Waals surface area contributed by atoms with E-state index in [0.717, 1.165) is 4.88 Å². The van der Waals surface area contributed by atoms with Gasteiger partial charge in [-0.25, -0.2) is 0 Å². The van der Waals surface area contributed by atoms with Crippen LogP contribution in [0.2, 0.25) is 0 Å². The van der Waals surface area contributed by atoms with E-state index < -0.39 is 5.91 Å². The fourth-order valence-corrected chi connectivity index (χ4v) is 1.29. The Kier molecular flexibility index (Phi) is 3.72. The van der Waals surface area contributed by atoms with E-state index >= 15 is 0 Å². The molecular formula is C7H10N2O2S. The highest BCUT2D eigenvalue weighted by molar-refractivity contribution is 7.09. The van der Waals surface area contributed by atoms with Crippen LogP contribution in [0.5, 0.6) is 0 Å². The van der Waals surface area contributed by atoms with Crippen LogP contribution in [0.1, 0.15) is 4.88 Å². The highest BCUT2D eigenvalue weighted by atomic mass is 32.1. The van der Waals surface area contributed by atoms with Gasteiger partial charge in [0.2, 0.25) is 5.91 Å². The molecule has 0 fully saturated rings. The lowest BCUT2D eigenvalue weighted by molar-refractivity contribution is -0.125. The summed E-state index contributed by atoms with van der Waals surface area (Å²) in [7, 11) is 0. The molecule has 0 aliphatic carbocycles. The lowest BCUT2D eigenvalue weighted by atomic mass is 10.5. The number of rotatable bonds is 5. The van der Waals surface area contributed by atoms with Gasteiger partial charge in [-0.1, -0.05) is 6.07 Å². The number of nitrogens with one attached hydrogen (secondary N) is 1. The molecule has 1 rings (SSSR count). The average Bonchev–Trinajstić information content (AvgIpc) is 2.49. The van der Waals surface area contributed by atoms with Gasteiger partial charge in [0.25, 0.3) is 0 Å². The second-order valence-corrected chi connectivity index (χ2v) is 3.19. The predicted octanol–water partition coefficient (Wildman–Crippen LogP) is 0.255. The minimum Gasteiger partial charge on any atom is -0.368 e. The molecule has 3 N–H and O–H groups in total. The Morgan fingerprint density at radius 2 is 2.58 bits per heavy atom. The van der Waals surface area contributed by atoms with Crippen LogP contribution in [-0.2, 0) is 16.2 Å². The maximum absolute atomic E-state index is 10.2. The lowest BCUT2D eigenvalue weighted by Gasteiger charge is -2.00. The predicted molar refractivity (Wildman–Crippen MR) is 46.3 cm³/mol. The van der Waals surface area contributed by atoms with Gasteiger partial charge in [0, 0.05) is 4.88 Å². The van der Waals surface area contributed by atoms with Crippen LogP contribution in [0.15, 0.2) is 17.5 Å². The summed E-state index contributed by atoms with van der Waals surface area (Å²) in [4.78, 5) is 16.1. The average molecular weight is 186 g/mol. The van der Waals surface area contributed by atoms with E-state index in [1.54, 1.807) is 11.3 Å². The molecule has 1 amide bonds. The van der Waals surface area contributed by atoms with Crippen molar-refractivity contribution in [1.29, 1.82) is 0 Å². The number of hydrogen-bond donors (Lipinski definition) is 2. The zero-order chi connectivity index (χ0) is 8.81. The van der Waals surface area contributed by atoms with Gasteiger partial charge in [-0.2, -0.15) is 5.48 Å². The third-order valence-corrected chi connectivity index (χ3v) is 2.02. The van der Waals surface area contributed by atoms with Gasteiger partial charge in [-0.3, -0.25) is 9.63 Å². The summed E-state index contributed by atoms with van der Waals surface area (Å²) in [6.07, 6.45) is 0. The first-order valence-corrected chi connectivity index (χ1v) is 4.32. The summed E-state index contributed by atoms with van der Waals surface area (Å²) in [5.41, 5.74) is 7.48. The largest absolute Gasteiger partial charge is 0.368 e. The molecule has 12 heavy (non-hydrogen) atoms. The summed E-state index contributed by atoms with van der Waals surface area (Å²) in [5.74, 6) is -0.478. The fraction of sp³-hybridized carbons (Fsp3) is 0.286. The number of carbonyl (C=O) groups excluding carboxylic acids is 1. The van der Waals surface area contributed by atoms with Crippen LogP contribution in [0.25, 0.3) is 0 Å². The zero-order valence-electron chi connectivity index (χ0n) is 6.45. The first kappa shape index (κ1) is 9.18. The van der Waals surface area contributed by atoms with Crippen LogP contribution in [0.4, 0.5) is 0 Å². The molecule has 0 aliphatic rings. The quantitative estimate of drug-likeness (QED) is 0.512. The number of amides is 1. The molecule has 0 radical (unpaired) electrons. The Hall–Kier alpha value is -0.910. The molecule has 66 valence electrons. The SMILES string of the molecule is NC(=O)CONCc1cccs1. The Balaban J connectivity index is 2.07. The van der Waals surface area contributed by atoms with Gasteiger partial charge in [-0.15, -0.1) is 11.3 Å². The molecule has 0 atom stereocenters. The highest BCUT2D eigenvalue weighted by Crippen LogP contribution is 2.06. The van der Waals surface area contributed by atoms with Crippen molar-refractivity contribution in [3.8, 4) is 0 Å². The summed E-state index contributed by atoms with van der Waals surface area (Å²) in [6, 6.07) is 3.93.